The summed E-state index contributed by atoms with van der Waals surface area (Å²) in [5, 5.41) is 37.5. The molecule has 2 fully saturated rings. The van der Waals surface area contributed by atoms with Gasteiger partial charge in [0.2, 0.25) is 6.79 Å². The number of fused-ring (bicyclic) bond motifs is 9. The summed E-state index contributed by atoms with van der Waals surface area (Å²) in [7, 11) is 4.88. The Morgan fingerprint density at radius 2 is 1.76 bits per heavy atom. The first-order chi connectivity index (χ1) is 31.7. The van der Waals surface area contributed by atoms with Crippen LogP contribution in [0, 0.1) is 35.3 Å². The van der Waals surface area contributed by atoms with E-state index in [1.165, 1.54) is 57.2 Å². The minimum atomic E-state index is -1.51. The number of rotatable bonds is 6. The predicted molar refractivity (Wildman–Crippen MR) is 234 cm³/mol. The van der Waals surface area contributed by atoms with Crippen molar-refractivity contribution in [3.05, 3.63) is 103 Å². The Kier molecular flexibility index (Phi) is 10.6. The van der Waals surface area contributed by atoms with E-state index in [1.807, 2.05) is 20.0 Å². The molecule has 7 heterocycles. The van der Waals surface area contributed by atoms with E-state index in [1.54, 1.807) is 19.1 Å². The number of phenols is 1. The zero-order valence-electron chi connectivity index (χ0n) is 36.8. The van der Waals surface area contributed by atoms with E-state index in [0.29, 0.717) is 70.0 Å². The van der Waals surface area contributed by atoms with Crippen LogP contribution in [0.1, 0.15) is 79.1 Å². The lowest BCUT2D eigenvalue weighted by atomic mass is 9.71. The molecule has 4 bridgehead atoms. The predicted octanol–water partition coefficient (Wildman–Crippen LogP) is 5.41. The fourth-order valence-electron chi connectivity index (χ4n) is 11.1. The summed E-state index contributed by atoms with van der Waals surface area (Å²) >= 11 is 1.42. The minimum absolute atomic E-state index is 0.00127. The number of carbonyl (C=O) groups is 3. The van der Waals surface area contributed by atoms with Crippen LogP contribution in [-0.2, 0) is 32.7 Å². The van der Waals surface area contributed by atoms with Crippen LogP contribution in [0.3, 0.4) is 0 Å². The summed E-state index contributed by atoms with van der Waals surface area (Å²) in [6, 6.07) is 9.92. The molecule has 0 amide bonds. The minimum Gasteiger partial charge on any atom is -0.504 e. The molecule has 0 aromatic heterocycles. The summed E-state index contributed by atoms with van der Waals surface area (Å²) in [6.45, 7) is 4.97. The summed E-state index contributed by atoms with van der Waals surface area (Å²) in [4.78, 5) is 56.5. The Morgan fingerprint density at radius 1 is 1.00 bits per heavy atom. The number of aryl methyl sites for hydroxylation is 1. The Morgan fingerprint density at radius 3 is 2.45 bits per heavy atom. The van der Waals surface area contributed by atoms with Crippen molar-refractivity contribution in [2.24, 2.45) is 0 Å². The Hall–Kier alpha value is -6.59. The number of likely N-dealkylation sites (N-methyl/N-ethyl adjacent to an activating group) is 1. The third kappa shape index (κ3) is 6.37. The van der Waals surface area contributed by atoms with Crippen LogP contribution >= 0.6 is 11.8 Å². The Balaban J connectivity index is 1.15. The van der Waals surface area contributed by atoms with E-state index in [0.717, 1.165) is 11.1 Å². The molecule has 0 saturated carbocycles. The van der Waals surface area contributed by atoms with Gasteiger partial charge in [0.15, 0.2) is 40.0 Å². The van der Waals surface area contributed by atoms with Crippen LogP contribution in [0.5, 0.6) is 40.2 Å². The van der Waals surface area contributed by atoms with Gasteiger partial charge < -0.3 is 38.3 Å². The molecule has 2 N–H and O–H groups in total. The van der Waals surface area contributed by atoms with E-state index in [2.05, 4.69) is 21.2 Å². The second kappa shape index (κ2) is 16.1. The van der Waals surface area contributed by atoms with Crippen LogP contribution in [0.4, 0.5) is 5.69 Å². The molecule has 11 rings (SSSR count). The number of aromatic hydroxyl groups is 1. The van der Waals surface area contributed by atoms with Gasteiger partial charge in [-0.3, -0.25) is 30.0 Å². The van der Waals surface area contributed by atoms with Gasteiger partial charge in [0.25, 0.3) is 5.69 Å². The van der Waals surface area contributed by atoms with Gasteiger partial charge in [-0.05, 0) is 80.3 Å². The second-order valence-corrected chi connectivity index (χ2v) is 18.4. The smallest absolute Gasteiger partial charge is 0.343 e. The number of piperazine rings is 1. The Labute approximate surface area is 382 Å². The first-order valence-corrected chi connectivity index (χ1v) is 22.4. The third-order valence-electron chi connectivity index (χ3n) is 13.9. The van der Waals surface area contributed by atoms with Crippen molar-refractivity contribution >= 4 is 35.4 Å². The molecule has 0 aliphatic carbocycles. The van der Waals surface area contributed by atoms with Crippen LogP contribution in [-0.4, -0.2) is 103 Å². The van der Waals surface area contributed by atoms with Crippen LogP contribution in [0.2, 0.25) is 0 Å². The van der Waals surface area contributed by atoms with Crippen molar-refractivity contribution in [3.8, 4) is 46.3 Å². The number of nitrogens with zero attached hydrogens (tertiary/aromatic N) is 4. The third-order valence-corrected chi connectivity index (χ3v) is 15.4. The first kappa shape index (κ1) is 43.3. The highest BCUT2D eigenvalue weighted by Gasteiger charge is 2.62. The van der Waals surface area contributed by atoms with Crippen LogP contribution in [0.25, 0.3) is 0 Å². The van der Waals surface area contributed by atoms with E-state index in [4.69, 9.17) is 33.2 Å². The average Bonchev–Trinajstić information content (AvgIpc) is 3.79. The molecule has 2 saturated heterocycles. The number of phenolic OH excluding ortho intramolecular Hbond substituents is 1. The standard InChI is InChI=1S/C47H45N5O13S/c1-21-13-26-14-29-30(17-48)51-31-18-61-46(56)47(28-16-32(59-5)33(15-25(28)11-12-49-47)65-45(55)24-7-9-27(10-8-24)52(57)58)19-66-44(38(51)37(50(29)4)34(26)39(54)40(21)60-6)36-35(31)43-42(62-20-63-43)22(2)41(36)64-23(3)53/h7-10,13,15-16,29-31,37-38,44,49,54H,11-12,14,18-20H2,1-6H3/t29-,30-,31-,37+,38+,44+,47+/m0/s1. The fraction of sp³-hybridized carbons (Fsp3) is 0.404. The van der Waals surface area contributed by atoms with Crippen molar-refractivity contribution in [2.45, 2.75) is 74.6 Å². The molecule has 19 heteroatoms. The number of hydrogen-bond donors (Lipinski definition) is 2. The maximum atomic E-state index is 15.1. The van der Waals surface area contributed by atoms with Gasteiger partial charge in [-0.15, -0.1) is 11.8 Å². The molecule has 7 aliphatic rings. The number of hydrogen-bond acceptors (Lipinski definition) is 18. The van der Waals surface area contributed by atoms with Crippen molar-refractivity contribution in [1.29, 1.82) is 5.26 Å². The van der Waals surface area contributed by atoms with E-state index in [9.17, 15) is 30.1 Å². The molecule has 1 spiro atoms. The van der Waals surface area contributed by atoms with Gasteiger partial charge in [0.05, 0.1) is 48.1 Å². The van der Waals surface area contributed by atoms with Crippen molar-refractivity contribution < 1.29 is 57.6 Å². The number of thioether (sulfide) groups is 1. The maximum absolute atomic E-state index is 15.1. The molecule has 18 nitrogen and oxygen atoms in total. The average molecular weight is 920 g/mol. The topological polar surface area (TPSA) is 221 Å². The molecule has 4 aromatic rings. The zero-order chi connectivity index (χ0) is 46.5. The molecular formula is C47H45N5O13S. The number of nitro groups is 1. The normalized spacial score (nSPS) is 25.9. The summed E-state index contributed by atoms with van der Waals surface area (Å²) in [5.74, 6) is -0.205. The lowest BCUT2D eigenvalue weighted by Gasteiger charge is -2.62. The number of nitrogens with one attached hydrogen (secondary N) is 1. The first-order valence-electron chi connectivity index (χ1n) is 21.4. The van der Waals surface area contributed by atoms with Gasteiger partial charge >= 0.3 is 17.9 Å². The number of non-ortho nitro benzene ring substituents is 1. The van der Waals surface area contributed by atoms with E-state index < -0.39 is 57.8 Å². The van der Waals surface area contributed by atoms with Crippen LogP contribution < -0.4 is 33.7 Å². The monoisotopic (exact) mass is 919 g/mol. The van der Waals surface area contributed by atoms with Gasteiger partial charge in [0.1, 0.15) is 18.4 Å². The van der Waals surface area contributed by atoms with Gasteiger partial charge in [-0.1, -0.05) is 6.07 Å². The molecule has 7 aliphatic heterocycles. The van der Waals surface area contributed by atoms with Crippen molar-refractivity contribution in [2.75, 3.05) is 47.0 Å². The second-order valence-electron chi connectivity index (χ2n) is 17.3. The highest BCUT2D eigenvalue weighted by molar-refractivity contribution is 7.99. The Bertz CT molecular complexity index is 2810. The quantitative estimate of drug-likeness (QED) is 0.107. The number of ether oxygens (including phenoxy) is 7. The number of esters is 3. The van der Waals surface area contributed by atoms with E-state index in [-0.39, 0.29) is 59.4 Å². The summed E-state index contributed by atoms with van der Waals surface area (Å²) < 4.78 is 42.4. The van der Waals surface area contributed by atoms with Gasteiger partial charge in [-0.25, -0.2) is 9.59 Å². The van der Waals surface area contributed by atoms with E-state index >= 15 is 4.79 Å². The number of benzene rings is 4. The number of nitriles is 1. The largest absolute Gasteiger partial charge is 0.504 e. The van der Waals surface area contributed by atoms with Gasteiger partial charge in [0, 0.05) is 65.7 Å². The molecule has 0 radical (unpaired) electrons. The zero-order valence-corrected chi connectivity index (χ0v) is 37.6. The highest BCUT2D eigenvalue weighted by Crippen LogP contribution is 2.64. The highest BCUT2D eigenvalue weighted by atomic mass is 32.2. The lowest BCUT2D eigenvalue weighted by molar-refractivity contribution is -0.384. The lowest BCUT2D eigenvalue weighted by Crippen LogP contribution is -2.69. The molecule has 7 atom stereocenters. The number of carbonyl (C=O) groups excluding carboxylic acids is 3. The molecule has 66 heavy (non-hydrogen) atoms. The molecule has 342 valence electrons. The maximum Gasteiger partial charge on any atom is 0.343 e. The number of nitro benzene ring substituents is 1. The summed E-state index contributed by atoms with van der Waals surface area (Å²) in [5.41, 5.74) is 3.69. The number of methoxy groups -OCH3 is 2. The van der Waals surface area contributed by atoms with Gasteiger partial charge in [-0.2, -0.15) is 5.26 Å². The molecule has 0 unspecified atom stereocenters. The van der Waals surface area contributed by atoms with Crippen LogP contribution in [0.15, 0.2) is 42.5 Å². The molecular weight excluding hydrogens is 875 g/mol. The van der Waals surface area contributed by atoms with Crippen molar-refractivity contribution in [3.63, 3.8) is 0 Å². The summed E-state index contributed by atoms with van der Waals surface area (Å²) in [6.07, 6.45) is 0.877. The molecule has 4 aromatic carbocycles. The fourth-order valence-corrected chi connectivity index (χ4v) is 12.8. The SMILES string of the molecule is COc1cc2c(cc1OC(=O)c1ccc([N+](=O)[O-])cc1)CCN[C@]21CS[C@@H]2c3c(OC(C)=O)c(C)c4c(c3[C@H](COC1=O)N1[C@@H]2[C@H]2c3c(cc(C)c(OC)c3O)C[C@@H]([C@@H]1C#N)N2C)OCO4. The van der Waals surface area contributed by atoms with Crippen molar-refractivity contribution in [1.82, 2.24) is 15.1 Å².